The maximum absolute atomic E-state index is 12.5. The number of carbonyl (C=O) groups is 1. The van der Waals surface area contributed by atoms with Gasteiger partial charge < -0.3 is 9.42 Å². The minimum atomic E-state index is -0.262. The average Bonchev–Trinajstić information content (AvgIpc) is 3.11. The van der Waals surface area contributed by atoms with Crippen LogP contribution in [-0.2, 0) is 13.0 Å². The molecule has 1 aliphatic heterocycles. The van der Waals surface area contributed by atoms with Gasteiger partial charge in [0.15, 0.2) is 0 Å². The molecule has 0 spiro atoms. The van der Waals surface area contributed by atoms with Gasteiger partial charge in [0.25, 0.3) is 0 Å². The lowest BCUT2D eigenvalue weighted by molar-refractivity contribution is 0.0684. The van der Waals surface area contributed by atoms with Crippen LogP contribution in [-0.4, -0.2) is 37.5 Å². The van der Waals surface area contributed by atoms with Gasteiger partial charge >= 0.3 is 11.8 Å². The zero-order valence-electron chi connectivity index (χ0n) is 12.2. The molecule has 0 radical (unpaired) electrons. The van der Waals surface area contributed by atoms with Crippen LogP contribution in [0.15, 0.2) is 47.4 Å². The van der Waals surface area contributed by atoms with Gasteiger partial charge in [-0.15, -0.1) is 0 Å². The molecule has 114 valence electrons. The van der Waals surface area contributed by atoms with Crippen LogP contribution < -0.4 is 0 Å². The lowest BCUT2D eigenvalue weighted by atomic mass is 10.00. The van der Waals surface area contributed by atoms with Gasteiger partial charge in [0.05, 0.1) is 6.20 Å². The maximum atomic E-state index is 12.5. The zero-order chi connectivity index (χ0) is 15.6. The van der Waals surface area contributed by atoms with E-state index in [0.29, 0.717) is 18.8 Å². The predicted molar refractivity (Wildman–Crippen MR) is 80.2 cm³/mol. The van der Waals surface area contributed by atoms with Crippen molar-refractivity contribution in [3.8, 4) is 11.5 Å². The van der Waals surface area contributed by atoms with Gasteiger partial charge in [-0.25, -0.2) is 4.98 Å². The van der Waals surface area contributed by atoms with Crippen molar-refractivity contribution < 1.29 is 9.32 Å². The Hall–Kier alpha value is -3.09. The van der Waals surface area contributed by atoms with Crippen molar-refractivity contribution in [3.05, 3.63) is 59.9 Å². The molecule has 7 heteroatoms. The third-order valence-corrected chi connectivity index (χ3v) is 3.82. The molecule has 0 atom stereocenters. The van der Waals surface area contributed by atoms with E-state index in [2.05, 4.69) is 26.2 Å². The molecule has 0 saturated carbocycles. The molecule has 3 aromatic rings. The summed E-state index contributed by atoms with van der Waals surface area (Å²) in [5.74, 6) is -0.0222. The Morgan fingerprint density at radius 2 is 2.04 bits per heavy atom. The van der Waals surface area contributed by atoms with E-state index in [-0.39, 0.29) is 17.6 Å². The van der Waals surface area contributed by atoms with Crippen molar-refractivity contribution >= 4 is 5.91 Å². The topological polar surface area (TPSA) is 85.0 Å². The molecule has 1 amide bonds. The number of benzene rings is 1. The van der Waals surface area contributed by atoms with Crippen LogP contribution in [0.25, 0.3) is 11.5 Å². The molecule has 0 unspecified atom stereocenters. The van der Waals surface area contributed by atoms with E-state index in [1.807, 2.05) is 18.2 Å². The van der Waals surface area contributed by atoms with Crippen LogP contribution in [0, 0.1) is 0 Å². The molecule has 0 bridgehead atoms. The number of amides is 1. The van der Waals surface area contributed by atoms with E-state index in [1.54, 1.807) is 11.1 Å². The number of hydrogen-bond acceptors (Lipinski definition) is 6. The second-order valence-electron chi connectivity index (χ2n) is 5.26. The van der Waals surface area contributed by atoms with E-state index < -0.39 is 0 Å². The van der Waals surface area contributed by atoms with Gasteiger partial charge in [-0.3, -0.25) is 9.78 Å². The summed E-state index contributed by atoms with van der Waals surface area (Å²) in [7, 11) is 0. The minimum absolute atomic E-state index is 0.0231. The van der Waals surface area contributed by atoms with Gasteiger partial charge in [-0.05, 0) is 17.5 Å². The van der Waals surface area contributed by atoms with Crippen LogP contribution in [0.4, 0.5) is 0 Å². The first-order valence-electron chi connectivity index (χ1n) is 7.27. The molecule has 0 N–H and O–H groups in total. The van der Waals surface area contributed by atoms with Crippen molar-refractivity contribution in [2.24, 2.45) is 0 Å². The quantitative estimate of drug-likeness (QED) is 0.716. The van der Waals surface area contributed by atoms with Crippen molar-refractivity contribution in [3.63, 3.8) is 0 Å². The Morgan fingerprint density at radius 3 is 2.87 bits per heavy atom. The van der Waals surface area contributed by atoms with Gasteiger partial charge in [-0.1, -0.05) is 29.4 Å². The molecule has 1 aliphatic rings. The van der Waals surface area contributed by atoms with Crippen LogP contribution in [0.2, 0.25) is 0 Å². The van der Waals surface area contributed by atoms with Gasteiger partial charge in [0.1, 0.15) is 5.69 Å². The van der Waals surface area contributed by atoms with Crippen molar-refractivity contribution in [1.29, 1.82) is 0 Å². The first-order valence-corrected chi connectivity index (χ1v) is 7.27. The smallest absolute Gasteiger partial charge is 0.316 e. The summed E-state index contributed by atoms with van der Waals surface area (Å²) >= 11 is 0. The third-order valence-electron chi connectivity index (χ3n) is 3.82. The fraction of sp³-hybridized carbons (Fsp3) is 0.188. The summed E-state index contributed by atoms with van der Waals surface area (Å²) in [6.07, 6.45) is 5.44. The maximum Gasteiger partial charge on any atom is 0.316 e. The molecule has 2 aromatic heterocycles. The monoisotopic (exact) mass is 307 g/mol. The molecule has 3 heterocycles. The standard InChI is InChI=1S/C16H13N5O2/c22-16(21-8-5-11-3-1-2-4-12(11)10-21)15-19-14(20-23-15)13-9-17-6-7-18-13/h1-4,6-7,9H,5,8,10H2. The second-order valence-corrected chi connectivity index (χ2v) is 5.26. The van der Waals surface area contributed by atoms with E-state index >= 15 is 0 Å². The molecule has 1 aromatic carbocycles. The molecule has 23 heavy (non-hydrogen) atoms. The fourth-order valence-corrected chi connectivity index (χ4v) is 2.63. The first-order chi connectivity index (χ1) is 11.3. The van der Waals surface area contributed by atoms with Crippen molar-refractivity contribution in [2.75, 3.05) is 6.54 Å². The van der Waals surface area contributed by atoms with E-state index in [1.165, 1.54) is 18.0 Å². The number of nitrogens with zero attached hydrogens (tertiary/aromatic N) is 5. The lowest BCUT2D eigenvalue weighted by Crippen LogP contribution is -2.36. The summed E-state index contributed by atoms with van der Waals surface area (Å²) in [4.78, 5) is 26.4. The molecule has 0 saturated heterocycles. The number of hydrogen-bond donors (Lipinski definition) is 0. The molecular weight excluding hydrogens is 294 g/mol. The van der Waals surface area contributed by atoms with Crippen LogP contribution in [0.1, 0.15) is 21.8 Å². The Bertz CT molecular complexity index is 846. The predicted octanol–water partition coefficient (Wildman–Crippen LogP) is 1.73. The highest BCUT2D eigenvalue weighted by Gasteiger charge is 2.26. The SMILES string of the molecule is O=C(c1nc(-c2cnccn2)no1)N1CCc2ccccc2C1. The average molecular weight is 307 g/mol. The number of carbonyl (C=O) groups excluding carboxylic acids is 1. The van der Waals surface area contributed by atoms with E-state index in [9.17, 15) is 4.79 Å². The van der Waals surface area contributed by atoms with E-state index in [0.717, 1.165) is 12.0 Å². The number of fused-ring (bicyclic) bond motifs is 1. The highest BCUT2D eigenvalue weighted by molar-refractivity contribution is 5.90. The molecule has 7 nitrogen and oxygen atoms in total. The summed E-state index contributed by atoms with van der Waals surface area (Å²) in [5.41, 5.74) is 2.90. The normalized spacial score (nSPS) is 13.7. The highest BCUT2D eigenvalue weighted by atomic mass is 16.5. The lowest BCUT2D eigenvalue weighted by Gasteiger charge is -2.27. The van der Waals surface area contributed by atoms with Crippen LogP contribution >= 0.6 is 0 Å². The number of aromatic nitrogens is 4. The zero-order valence-corrected chi connectivity index (χ0v) is 12.2. The van der Waals surface area contributed by atoms with Crippen molar-refractivity contribution in [1.82, 2.24) is 25.0 Å². The summed E-state index contributed by atoms with van der Waals surface area (Å²) in [6.45, 7) is 1.19. The largest absolute Gasteiger partial charge is 0.330 e. The Labute approximate surface area is 132 Å². The van der Waals surface area contributed by atoms with Crippen LogP contribution in [0.5, 0.6) is 0 Å². The summed E-state index contributed by atoms with van der Waals surface area (Å²) < 4.78 is 5.10. The van der Waals surface area contributed by atoms with Crippen molar-refractivity contribution in [2.45, 2.75) is 13.0 Å². The Balaban J connectivity index is 1.55. The van der Waals surface area contributed by atoms with Crippen LogP contribution in [0.3, 0.4) is 0 Å². The van der Waals surface area contributed by atoms with E-state index in [4.69, 9.17) is 4.52 Å². The summed E-state index contributed by atoms with van der Waals surface area (Å²) in [5, 5.41) is 3.81. The minimum Gasteiger partial charge on any atom is -0.330 e. The van der Waals surface area contributed by atoms with Gasteiger partial charge in [0.2, 0.25) is 5.82 Å². The van der Waals surface area contributed by atoms with Gasteiger partial charge in [0, 0.05) is 25.5 Å². The summed E-state index contributed by atoms with van der Waals surface area (Å²) in [6, 6.07) is 8.12. The first kappa shape index (κ1) is 13.6. The molecule has 4 rings (SSSR count). The molecule has 0 fully saturated rings. The fourth-order valence-electron chi connectivity index (χ4n) is 2.63. The second kappa shape index (κ2) is 5.60. The highest BCUT2D eigenvalue weighted by Crippen LogP contribution is 2.20. The number of rotatable bonds is 2. The molecular formula is C16H13N5O2. The Kier molecular flexibility index (Phi) is 3.30. The third kappa shape index (κ3) is 2.57. The Morgan fingerprint density at radius 1 is 1.17 bits per heavy atom. The van der Waals surface area contributed by atoms with Gasteiger partial charge in [-0.2, -0.15) is 4.98 Å². The molecule has 0 aliphatic carbocycles.